The van der Waals surface area contributed by atoms with Crippen LogP contribution in [0.3, 0.4) is 0 Å². The van der Waals surface area contributed by atoms with E-state index in [1.54, 1.807) is 0 Å². The summed E-state index contributed by atoms with van der Waals surface area (Å²) in [5.74, 6) is 0.345. The van der Waals surface area contributed by atoms with Gasteiger partial charge in [-0.3, -0.25) is 0 Å². The van der Waals surface area contributed by atoms with Crippen LogP contribution in [0.2, 0.25) is 0 Å². The average Bonchev–Trinajstić information content (AvgIpc) is 1.94. The number of rotatable bonds is 7. The summed E-state index contributed by atoms with van der Waals surface area (Å²) in [4.78, 5) is 0. The summed E-state index contributed by atoms with van der Waals surface area (Å²) in [6, 6.07) is 0. The molecule has 0 aliphatic rings. The second kappa shape index (κ2) is 6.46. The summed E-state index contributed by atoms with van der Waals surface area (Å²) in [6.45, 7) is 3.75. The third kappa shape index (κ3) is 9.95. The molecule has 0 N–H and O–H groups in total. The molecule has 0 aromatic carbocycles. The zero-order chi connectivity index (χ0) is 9.45. The van der Waals surface area contributed by atoms with Crippen LogP contribution in [0.4, 0.5) is 0 Å². The Morgan fingerprint density at radius 2 is 1.50 bits per heavy atom. The highest BCUT2D eigenvalue weighted by molar-refractivity contribution is 7.90. The molecule has 0 aliphatic heterocycles. The summed E-state index contributed by atoms with van der Waals surface area (Å²) in [5, 5.41) is 0. The van der Waals surface area contributed by atoms with Crippen molar-refractivity contribution in [3.8, 4) is 0 Å². The van der Waals surface area contributed by atoms with Crippen molar-refractivity contribution in [1.82, 2.24) is 0 Å². The van der Waals surface area contributed by atoms with Crippen LogP contribution in [0, 0.1) is 6.92 Å². The number of hydrogen-bond acceptors (Lipinski definition) is 2. The molecule has 0 aliphatic carbocycles. The monoisotopic (exact) mass is 191 g/mol. The van der Waals surface area contributed by atoms with Gasteiger partial charge in [0.15, 0.2) is 0 Å². The molecular weight excluding hydrogens is 172 g/mol. The maximum atomic E-state index is 10.7. The minimum atomic E-state index is -2.73. The van der Waals surface area contributed by atoms with Crippen molar-refractivity contribution < 1.29 is 8.42 Å². The van der Waals surface area contributed by atoms with Crippen molar-refractivity contribution in [3.05, 3.63) is 6.92 Å². The molecule has 0 amide bonds. The van der Waals surface area contributed by atoms with Crippen LogP contribution in [0.25, 0.3) is 0 Å². The van der Waals surface area contributed by atoms with E-state index in [-0.39, 0.29) is 0 Å². The Labute approximate surface area is 76.3 Å². The third-order valence-electron chi connectivity index (χ3n) is 1.77. The molecule has 0 rings (SSSR count). The summed E-state index contributed by atoms with van der Waals surface area (Å²) in [5.41, 5.74) is 0. The summed E-state index contributed by atoms with van der Waals surface area (Å²) in [6.07, 6.45) is 7.63. The fraction of sp³-hybridized carbons (Fsp3) is 0.889. The Morgan fingerprint density at radius 3 is 2.00 bits per heavy atom. The molecule has 0 spiro atoms. The minimum Gasteiger partial charge on any atom is -0.229 e. The molecule has 1 radical (unpaired) electrons. The van der Waals surface area contributed by atoms with Gasteiger partial charge in [-0.05, 0) is 6.42 Å². The first-order chi connectivity index (χ1) is 5.56. The smallest absolute Gasteiger partial charge is 0.147 e. The molecular formula is C9H19O2S. The zero-order valence-electron chi connectivity index (χ0n) is 7.88. The van der Waals surface area contributed by atoms with Gasteiger partial charge in [-0.1, -0.05) is 39.0 Å². The van der Waals surface area contributed by atoms with E-state index in [4.69, 9.17) is 0 Å². The Kier molecular flexibility index (Phi) is 6.44. The highest BCUT2D eigenvalue weighted by atomic mass is 32.2. The lowest BCUT2D eigenvalue weighted by Gasteiger charge is -1.98. The molecule has 0 heterocycles. The Bertz CT molecular complexity index is 183. The van der Waals surface area contributed by atoms with Gasteiger partial charge in [-0.25, -0.2) is 8.42 Å². The second-order valence-electron chi connectivity index (χ2n) is 3.25. The Balaban J connectivity index is 3.12. The average molecular weight is 191 g/mol. The highest BCUT2D eigenvalue weighted by Gasteiger charge is 2.00. The summed E-state index contributed by atoms with van der Waals surface area (Å²) < 4.78 is 21.4. The van der Waals surface area contributed by atoms with Crippen LogP contribution in [-0.4, -0.2) is 20.4 Å². The summed E-state index contributed by atoms with van der Waals surface area (Å²) in [7, 11) is -2.73. The van der Waals surface area contributed by atoms with Crippen LogP contribution in [0.5, 0.6) is 0 Å². The van der Waals surface area contributed by atoms with Crippen LogP contribution in [-0.2, 0) is 9.84 Å². The second-order valence-corrected chi connectivity index (χ2v) is 5.51. The van der Waals surface area contributed by atoms with Gasteiger partial charge in [0.05, 0.1) is 0 Å². The first kappa shape index (κ1) is 11.9. The zero-order valence-corrected chi connectivity index (χ0v) is 8.70. The van der Waals surface area contributed by atoms with E-state index in [9.17, 15) is 8.42 Å². The fourth-order valence-corrected chi connectivity index (χ4v) is 1.80. The van der Waals surface area contributed by atoms with E-state index in [0.29, 0.717) is 5.75 Å². The molecule has 0 unspecified atom stereocenters. The maximum Gasteiger partial charge on any atom is 0.147 e. The first-order valence-electron chi connectivity index (χ1n) is 4.53. The minimum absolute atomic E-state index is 0.345. The van der Waals surface area contributed by atoms with Gasteiger partial charge < -0.3 is 0 Å². The third-order valence-corrected chi connectivity index (χ3v) is 2.80. The van der Waals surface area contributed by atoms with Gasteiger partial charge in [-0.15, -0.1) is 0 Å². The lowest BCUT2D eigenvalue weighted by atomic mass is 10.1. The Morgan fingerprint density at radius 1 is 1.00 bits per heavy atom. The molecule has 0 bridgehead atoms. The molecule has 2 nitrogen and oxygen atoms in total. The molecule has 0 saturated carbocycles. The molecule has 0 fully saturated rings. The van der Waals surface area contributed by atoms with E-state index >= 15 is 0 Å². The summed E-state index contributed by atoms with van der Waals surface area (Å²) >= 11 is 0. The molecule has 0 atom stereocenters. The number of hydrogen-bond donors (Lipinski definition) is 0. The van der Waals surface area contributed by atoms with Crippen LogP contribution in [0.1, 0.15) is 38.5 Å². The predicted octanol–water partition coefficient (Wildman–Crippen LogP) is 2.21. The quantitative estimate of drug-likeness (QED) is 0.578. The van der Waals surface area contributed by atoms with Crippen molar-refractivity contribution >= 4 is 9.84 Å². The fourth-order valence-electron chi connectivity index (χ4n) is 1.07. The number of sulfone groups is 1. The van der Waals surface area contributed by atoms with Gasteiger partial charge >= 0.3 is 0 Å². The van der Waals surface area contributed by atoms with Gasteiger partial charge in [0.25, 0.3) is 0 Å². The largest absolute Gasteiger partial charge is 0.229 e. The van der Waals surface area contributed by atoms with E-state index < -0.39 is 9.84 Å². The lowest BCUT2D eigenvalue weighted by molar-refractivity contribution is 0.590. The Hall–Kier alpha value is -0.0500. The SMILES string of the molecule is [CH2]CCCCCCCS(C)(=O)=O. The lowest BCUT2D eigenvalue weighted by Crippen LogP contribution is -2.02. The first-order valence-corrected chi connectivity index (χ1v) is 6.59. The van der Waals surface area contributed by atoms with Crippen molar-refractivity contribution in [2.24, 2.45) is 0 Å². The van der Waals surface area contributed by atoms with Gasteiger partial charge in [0.2, 0.25) is 0 Å². The van der Waals surface area contributed by atoms with Gasteiger partial charge in [0, 0.05) is 12.0 Å². The van der Waals surface area contributed by atoms with Crippen molar-refractivity contribution in [2.75, 3.05) is 12.0 Å². The van der Waals surface area contributed by atoms with Crippen LogP contribution >= 0.6 is 0 Å². The van der Waals surface area contributed by atoms with Crippen molar-refractivity contribution in [2.45, 2.75) is 38.5 Å². The maximum absolute atomic E-state index is 10.7. The van der Waals surface area contributed by atoms with Crippen molar-refractivity contribution in [1.29, 1.82) is 0 Å². The normalized spacial score (nSPS) is 11.8. The van der Waals surface area contributed by atoms with E-state index in [2.05, 4.69) is 6.92 Å². The van der Waals surface area contributed by atoms with Crippen LogP contribution in [0.15, 0.2) is 0 Å². The van der Waals surface area contributed by atoms with Gasteiger partial charge in [0.1, 0.15) is 9.84 Å². The number of unbranched alkanes of at least 4 members (excludes halogenated alkanes) is 5. The standard InChI is InChI=1S/C9H19O2S/c1-3-4-5-6-7-8-9-12(2,10)11/h1,3-9H2,2H3. The van der Waals surface area contributed by atoms with Crippen molar-refractivity contribution in [3.63, 3.8) is 0 Å². The molecule has 73 valence electrons. The molecule has 0 aromatic rings. The van der Waals surface area contributed by atoms with E-state index in [0.717, 1.165) is 25.7 Å². The molecule has 3 heteroatoms. The predicted molar refractivity (Wildman–Crippen MR) is 52.8 cm³/mol. The van der Waals surface area contributed by atoms with Crippen LogP contribution < -0.4 is 0 Å². The topological polar surface area (TPSA) is 34.1 Å². The molecule has 12 heavy (non-hydrogen) atoms. The molecule has 0 saturated heterocycles. The van der Waals surface area contributed by atoms with E-state index in [1.807, 2.05) is 0 Å². The highest BCUT2D eigenvalue weighted by Crippen LogP contribution is 2.05. The molecule has 0 aromatic heterocycles. The van der Waals surface area contributed by atoms with E-state index in [1.165, 1.54) is 19.1 Å². The van der Waals surface area contributed by atoms with Gasteiger partial charge in [-0.2, -0.15) is 0 Å².